The molecule has 0 bridgehead atoms. The second kappa shape index (κ2) is 9.77. The summed E-state index contributed by atoms with van der Waals surface area (Å²) in [7, 11) is 0. The fourth-order valence-electron chi connectivity index (χ4n) is 2.94. The van der Waals surface area contributed by atoms with Gasteiger partial charge in [0.05, 0.1) is 13.2 Å². The van der Waals surface area contributed by atoms with Crippen LogP contribution < -0.4 is 15.8 Å². The minimum Gasteiger partial charge on any atom is -0.493 e. The van der Waals surface area contributed by atoms with Crippen molar-refractivity contribution in [3.8, 4) is 5.75 Å². The van der Waals surface area contributed by atoms with Crippen LogP contribution in [0.1, 0.15) is 57.4 Å². The monoisotopic (exact) mass is 402 g/mol. The summed E-state index contributed by atoms with van der Waals surface area (Å²) in [5.41, 5.74) is 7.16. The first-order valence-electron chi connectivity index (χ1n) is 9.35. The molecule has 1 aromatic carbocycles. The summed E-state index contributed by atoms with van der Waals surface area (Å²) in [6.45, 7) is 7.53. The number of furan rings is 1. The van der Waals surface area contributed by atoms with Crippen molar-refractivity contribution in [1.29, 1.82) is 0 Å². The van der Waals surface area contributed by atoms with E-state index in [1.165, 1.54) is 6.92 Å². The number of esters is 1. The van der Waals surface area contributed by atoms with E-state index in [-0.39, 0.29) is 41.7 Å². The van der Waals surface area contributed by atoms with Crippen molar-refractivity contribution in [3.05, 3.63) is 46.2 Å². The van der Waals surface area contributed by atoms with Gasteiger partial charge in [-0.1, -0.05) is 18.2 Å². The highest BCUT2D eigenvalue weighted by Crippen LogP contribution is 2.28. The molecular formula is C21H26N2O6. The Morgan fingerprint density at radius 2 is 1.76 bits per heavy atom. The number of para-hydroxylation sites is 1. The van der Waals surface area contributed by atoms with E-state index < -0.39 is 11.9 Å². The highest BCUT2D eigenvalue weighted by atomic mass is 16.5. The molecule has 0 unspecified atom stereocenters. The van der Waals surface area contributed by atoms with E-state index in [4.69, 9.17) is 19.6 Å². The average molecular weight is 402 g/mol. The number of primary amides is 1. The third-order valence-electron chi connectivity index (χ3n) is 4.27. The Labute approximate surface area is 169 Å². The highest BCUT2D eigenvalue weighted by Gasteiger charge is 2.29. The van der Waals surface area contributed by atoms with Gasteiger partial charge in [-0.2, -0.15) is 0 Å². The molecule has 0 spiro atoms. The molecule has 2 rings (SSSR count). The zero-order valence-corrected chi connectivity index (χ0v) is 17.1. The van der Waals surface area contributed by atoms with Crippen LogP contribution in [0.2, 0.25) is 0 Å². The van der Waals surface area contributed by atoms with Gasteiger partial charge in [-0.25, -0.2) is 4.79 Å². The Balaban J connectivity index is 1.99. The van der Waals surface area contributed by atoms with Crippen LogP contribution >= 0.6 is 0 Å². The molecule has 0 aliphatic heterocycles. The van der Waals surface area contributed by atoms with Crippen molar-refractivity contribution < 1.29 is 28.3 Å². The van der Waals surface area contributed by atoms with Crippen molar-refractivity contribution in [2.45, 2.75) is 40.5 Å². The number of nitrogens with one attached hydrogen (secondary N) is 1. The number of rotatable bonds is 9. The summed E-state index contributed by atoms with van der Waals surface area (Å²) in [6.07, 6.45) is 0.591. The fraction of sp³-hybridized carbons (Fsp3) is 0.381. The lowest BCUT2D eigenvalue weighted by molar-refractivity contribution is -0.116. The van der Waals surface area contributed by atoms with E-state index in [9.17, 15) is 14.4 Å². The number of amides is 2. The summed E-state index contributed by atoms with van der Waals surface area (Å²) in [6, 6.07) is 5.87. The van der Waals surface area contributed by atoms with Crippen molar-refractivity contribution in [2.24, 2.45) is 5.73 Å². The van der Waals surface area contributed by atoms with Gasteiger partial charge in [0.25, 0.3) is 5.91 Å². The molecule has 1 heterocycles. The largest absolute Gasteiger partial charge is 0.493 e. The van der Waals surface area contributed by atoms with Crippen LogP contribution in [0, 0.1) is 20.8 Å². The van der Waals surface area contributed by atoms with Gasteiger partial charge in [0.15, 0.2) is 0 Å². The van der Waals surface area contributed by atoms with E-state index >= 15 is 0 Å². The third kappa shape index (κ3) is 5.37. The molecule has 0 atom stereocenters. The quantitative estimate of drug-likeness (QED) is 0.490. The smallest absolute Gasteiger partial charge is 0.342 e. The van der Waals surface area contributed by atoms with Crippen LogP contribution in [-0.2, 0) is 9.53 Å². The van der Waals surface area contributed by atoms with Crippen LogP contribution in [0.5, 0.6) is 5.75 Å². The maximum Gasteiger partial charge on any atom is 0.342 e. The van der Waals surface area contributed by atoms with E-state index in [1.54, 1.807) is 6.92 Å². The molecule has 0 aliphatic carbocycles. The molecule has 0 saturated carbocycles. The summed E-state index contributed by atoms with van der Waals surface area (Å²) < 4.78 is 16.1. The lowest BCUT2D eigenvalue weighted by atomic mass is 10.1. The van der Waals surface area contributed by atoms with Gasteiger partial charge < -0.3 is 19.6 Å². The van der Waals surface area contributed by atoms with Crippen LogP contribution in [0.3, 0.4) is 0 Å². The normalized spacial score (nSPS) is 10.5. The molecule has 2 amide bonds. The zero-order chi connectivity index (χ0) is 21.6. The predicted molar refractivity (Wildman–Crippen MR) is 107 cm³/mol. The van der Waals surface area contributed by atoms with Crippen molar-refractivity contribution >= 4 is 23.7 Å². The third-order valence-corrected chi connectivity index (χ3v) is 4.27. The molecule has 1 aromatic heterocycles. The second-order valence-corrected chi connectivity index (χ2v) is 6.54. The number of hydrogen-bond acceptors (Lipinski definition) is 6. The Kier molecular flexibility index (Phi) is 7.41. The molecule has 0 radical (unpaired) electrons. The Morgan fingerprint density at radius 1 is 1.10 bits per heavy atom. The summed E-state index contributed by atoms with van der Waals surface area (Å²) in [5.74, 6) is -1.21. The number of carbonyl (C=O) groups is 3. The summed E-state index contributed by atoms with van der Waals surface area (Å²) >= 11 is 0. The molecule has 0 aliphatic rings. The summed E-state index contributed by atoms with van der Waals surface area (Å²) in [4.78, 5) is 36.1. The van der Waals surface area contributed by atoms with E-state index in [2.05, 4.69) is 5.32 Å². The molecule has 156 valence electrons. The Morgan fingerprint density at radius 3 is 2.34 bits per heavy atom. The number of hydrogen-bond donors (Lipinski definition) is 2. The predicted octanol–water partition coefficient (Wildman–Crippen LogP) is 3.28. The van der Waals surface area contributed by atoms with Gasteiger partial charge in [0.1, 0.15) is 22.6 Å². The number of aryl methyl sites for hydroxylation is 3. The topological polar surface area (TPSA) is 121 Å². The first-order valence-corrected chi connectivity index (χ1v) is 9.35. The number of carbonyl (C=O) groups excluding carboxylic acids is 3. The van der Waals surface area contributed by atoms with Crippen LogP contribution in [-0.4, -0.2) is 31.0 Å². The molecule has 8 nitrogen and oxygen atoms in total. The second-order valence-electron chi connectivity index (χ2n) is 6.54. The maximum atomic E-state index is 12.3. The SMILES string of the molecule is CCOC(=O)c1c(C)oc(NC(=O)CCCOc2c(C)cccc2C)c1C(N)=O. The number of benzene rings is 1. The number of ether oxygens (including phenoxy) is 2. The van der Waals surface area contributed by atoms with Crippen molar-refractivity contribution in [3.63, 3.8) is 0 Å². The molecule has 29 heavy (non-hydrogen) atoms. The molecule has 0 fully saturated rings. The minimum absolute atomic E-state index is 0.0759. The van der Waals surface area contributed by atoms with E-state index in [0.717, 1.165) is 16.9 Å². The van der Waals surface area contributed by atoms with Gasteiger partial charge >= 0.3 is 5.97 Å². The Hall–Kier alpha value is -3.29. The van der Waals surface area contributed by atoms with Crippen molar-refractivity contribution in [2.75, 3.05) is 18.5 Å². The molecule has 2 aromatic rings. The highest BCUT2D eigenvalue weighted by molar-refractivity contribution is 6.10. The van der Waals surface area contributed by atoms with Gasteiger partial charge in [0.2, 0.25) is 11.8 Å². The fourth-order valence-corrected chi connectivity index (χ4v) is 2.94. The number of nitrogens with two attached hydrogens (primary N) is 1. The van der Waals surface area contributed by atoms with Crippen LogP contribution in [0.15, 0.2) is 22.6 Å². The summed E-state index contributed by atoms with van der Waals surface area (Å²) in [5, 5.41) is 2.50. The van der Waals surface area contributed by atoms with Crippen molar-refractivity contribution in [1.82, 2.24) is 0 Å². The molecule has 0 saturated heterocycles. The number of anilines is 1. The van der Waals surface area contributed by atoms with Crippen LogP contribution in [0.25, 0.3) is 0 Å². The first kappa shape index (κ1) is 22.0. The minimum atomic E-state index is -0.890. The van der Waals surface area contributed by atoms with Gasteiger partial charge in [-0.15, -0.1) is 0 Å². The molecule has 8 heteroatoms. The Bertz CT molecular complexity index is 896. The lowest BCUT2D eigenvalue weighted by Crippen LogP contribution is -2.20. The van der Waals surface area contributed by atoms with Gasteiger partial charge in [-0.3, -0.25) is 14.9 Å². The van der Waals surface area contributed by atoms with Gasteiger partial charge in [-0.05, 0) is 45.2 Å². The first-order chi connectivity index (χ1) is 13.8. The lowest BCUT2D eigenvalue weighted by Gasteiger charge is -2.11. The molecule has 3 N–H and O–H groups in total. The average Bonchev–Trinajstić information content (AvgIpc) is 2.96. The van der Waals surface area contributed by atoms with E-state index in [1.807, 2.05) is 32.0 Å². The van der Waals surface area contributed by atoms with E-state index in [0.29, 0.717) is 13.0 Å². The zero-order valence-electron chi connectivity index (χ0n) is 17.1. The molecular weight excluding hydrogens is 376 g/mol. The van der Waals surface area contributed by atoms with Gasteiger partial charge in [0, 0.05) is 6.42 Å². The maximum absolute atomic E-state index is 12.3. The standard InChI is InChI=1S/C21H26N2O6/c1-5-27-21(26)16-14(4)29-20(17(16)19(22)25)23-15(24)10-7-11-28-18-12(2)8-6-9-13(18)3/h6,8-9H,5,7,10-11H2,1-4H3,(H2,22,25)(H,23,24). The van der Waals surface area contributed by atoms with Crippen LogP contribution in [0.4, 0.5) is 5.88 Å².